The molecule has 0 heterocycles. The van der Waals surface area contributed by atoms with E-state index in [0.717, 1.165) is 3.57 Å². The first-order valence-electron chi connectivity index (χ1n) is 3.57. The van der Waals surface area contributed by atoms with Crippen molar-refractivity contribution in [2.75, 3.05) is 5.73 Å². The topological polar surface area (TPSA) is 66.9 Å². The van der Waals surface area contributed by atoms with Crippen molar-refractivity contribution < 1.29 is 4.79 Å². The Morgan fingerprint density at radius 3 is 2.62 bits per heavy atom. The summed E-state index contributed by atoms with van der Waals surface area (Å²) in [5.41, 5.74) is 6.65. The molecule has 2 N–H and O–H groups in total. The van der Waals surface area contributed by atoms with Gasteiger partial charge in [0.25, 0.3) is 0 Å². The van der Waals surface area contributed by atoms with E-state index in [4.69, 9.17) is 11.0 Å². The molecule has 1 rings (SSSR count). The van der Waals surface area contributed by atoms with Crippen LogP contribution in [0.2, 0.25) is 0 Å². The summed E-state index contributed by atoms with van der Waals surface area (Å²) < 4.78 is 0.750. The first-order valence-corrected chi connectivity index (χ1v) is 4.64. The van der Waals surface area contributed by atoms with Gasteiger partial charge in [0.2, 0.25) is 0 Å². The molecule has 0 aliphatic heterocycles. The number of hydrogen-bond acceptors (Lipinski definition) is 3. The highest BCUT2D eigenvalue weighted by molar-refractivity contribution is 14.1. The van der Waals surface area contributed by atoms with Gasteiger partial charge in [-0.3, -0.25) is 4.79 Å². The van der Waals surface area contributed by atoms with E-state index in [1.54, 1.807) is 12.1 Å². The second-order valence-corrected chi connectivity index (χ2v) is 3.72. The molecule has 0 saturated heterocycles. The van der Waals surface area contributed by atoms with Crippen LogP contribution in [0.3, 0.4) is 0 Å². The first-order chi connectivity index (χ1) is 6.07. The molecule has 13 heavy (non-hydrogen) atoms. The van der Waals surface area contributed by atoms with E-state index in [0.29, 0.717) is 16.8 Å². The van der Waals surface area contributed by atoms with Gasteiger partial charge in [-0.25, -0.2) is 0 Å². The predicted octanol–water partition coefficient (Wildman–Crippen LogP) is 1.95. The molecule has 0 aliphatic rings. The van der Waals surface area contributed by atoms with Crippen LogP contribution < -0.4 is 5.73 Å². The fraction of sp³-hybridized carbons (Fsp3) is 0.111. The van der Waals surface area contributed by atoms with E-state index in [1.165, 1.54) is 6.92 Å². The zero-order valence-electron chi connectivity index (χ0n) is 6.97. The van der Waals surface area contributed by atoms with Crippen molar-refractivity contribution in [2.45, 2.75) is 6.92 Å². The smallest absolute Gasteiger partial charge is 0.163 e. The molecule has 0 fully saturated rings. The highest BCUT2D eigenvalue weighted by Gasteiger charge is 2.13. The molecule has 0 unspecified atom stereocenters. The van der Waals surface area contributed by atoms with Gasteiger partial charge in [0, 0.05) is 9.26 Å². The van der Waals surface area contributed by atoms with E-state index in [1.807, 2.05) is 28.7 Å². The lowest BCUT2D eigenvalue weighted by Crippen LogP contribution is -2.04. The van der Waals surface area contributed by atoms with Crippen molar-refractivity contribution in [1.82, 2.24) is 0 Å². The third-order valence-electron chi connectivity index (χ3n) is 1.65. The number of carbonyl (C=O) groups excluding carboxylic acids is 1. The molecule has 4 heteroatoms. The molecular weight excluding hydrogens is 279 g/mol. The molecule has 1 aromatic carbocycles. The molecule has 1 aromatic rings. The highest BCUT2D eigenvalue weighted by Crippen LogP contribution is 2.22. The summed E-state index contributed by atoms with van der Waals surface area (Å²) in [6.45, 7) is 1.41. The largest absolute Gasteiger partial charge is 0.398 e. The Balaban J connectivity index is 3.55. The second-order valence-electron chi connectivity index (χ2n) is 2.55. The average molecular weight is 286 g/mol. The van der Waals surface area contributed by atoms with Gasteiger partial charge in [0.1, 0.15) is 6.07 Å². The molecule has 0 bridgehead atoms. The van der Waals surface area contributed by atoms with Crippen molar-refractivity contribution >= 4 is 34.1 Å². The van der Waals surface area contributed by atoms with Crippen molar-refractivity contribution in [2.24, 2.45) is 0 Å². The number of ketones is 1. The molecular formula is C9H7IN2O. The van der Waals surface area contributed by atoms with Crippen LogP contribution in [0.4, 0.5) is 5.69 Å². The lowest BCUT2D eigenvalue weighted by Gasteiger charge is -2.05. The van der Waals surface area contributed by atoms with Crippen molar-refractivity contribution in [1.29, 1.82) is 5.26 Å². The Morgan fingerprint density at radius 1 is 1.62 bits per heavy atom. The highest BCUT2D eigenvalue weighted by atomic mass is 127. The quantitative estimate of drug-likeness (QED) is 0.487. The van der Waals surface area contributed by atoms with E-state index >= 15 is 0 Å². The number of Topliss-reactive ketones (excluding diaryl/α,β-unsaturated/α-hetero) is 1. The normalized spacial score (nSPS) is 9.31. The van der Waals surface area contributed by atoms with E-state index in [9.17, 15) is 4.79 Å². The van der Waals surface area contributed by atoms with Gasteiger partial charge in [-0.15, -0.1) is 0 Å². The van der Waals surface area contributed by atoms with Crippen molar-refractivity contribution in [3.8, 4) is 6.07 Å². The molecule has 0 saturated carbocycles. The van der Waals surface area contributed by atoms with Crippen LogP contribution in [0.1, 0.15) is 22.8 Å². The standard InChI is InChI=1S/C9H7IN2O/c1-5(13)9-6(4-11)7(10)2-3-8(9)12/h2-3H,12H2,1H3. The maximum atomic E-state index is 11.2. The van der Waals surface area contributed by atoms with Crippen LogP contribution in [0, 0.1) is 14.9 Å². The van der Waals surface area contributed by atoms with Gasteiger partial charge in [-0.1, -0.05) is 0 Å². The van der Waals surface area contributed by atoms with E-state index < -0.39 is 0 Å². The second kappa shape index (κ2) is 3.75. The molecule has 0 radical (unpaired) electrons. The number of nitriles is 1. The van der Waals surface area contributed by atoms with Gasteiger partial charge in [0.15, 0.2) is 5.78 Å². The van der Waals surface area contributed by atoms with Crippen LogP contribution in [-0.4, -0.2) is 5.78 Å². The minimum atomic E-state index is -0.174. The van der Waals surface area contributed by atoms with Gasteiger partial charge < -0.3 is 5.73 Å². The third-order valence-corrected chi connectivity index (χ3v) is 2.55. The summed E-state index contributed by atoms with van der Waals surface area (Å²) in [7, 11) is 0. The summed E-state index contributed by atoms with van der Waals surface area (Å²) in [4.78, 5) is 11.2. The number of halogens is 1. The molecule has 0 aromatic heterocycles. The average Bonchev–Trinajstić information content (AvgIpc) is 2.07. The van der Waals surface area contributed by atoms with Crippen LogP contribution in [0.25, 0.3) is 0 Å². The Hall–Kier alpha value is -1.09. The first kappa shape index (κ1) is 9.99. The monoisotopic (exact) mass is 286 g/mol. The number of carbonyl (C=O) groups is 1. The van der Waals surface area contributed by atoms with Crippen LogP contribution >= 0.6 is 22.6 Å². The van der Waals surface area contributed by atoms with Gasteiger partial charge in [-0.2, -0.15) is 5.26 Å². The lowest BCUT2D eigenvalue weighted by atomic mass is 10.0. The number of rotatable bonds is 1. The summed E-state index contributed by atoms with van der Waals surface area (Å²) >= 11 is 2.01. The predicted molar refractivity (Wildman–Crippen MR) is 58.3 cm³/mol. The Kier molecular flexibility index (Phi) is 2.88. The maximum Gasteiger partial charge on any atom is 0.163 e. The number of hydrogen-bond donors (Lipinski definition) is 1. The fourth-order valence-electron chi connectivity index (χ4n) is 1.08. The number of nitrogen functional groups attached to an aromatic ring is 1. The number of nitrogens with zero attached hydrogens (tertiary/aromatic N) is 1. The number of benzene rings is 1. The van der Waals surface area contributed by atoms with Crippen molar-refractivity contribution in [3.05, 3.63) is 26.8 Å². The molecule has 3 nitrogen and oxygen atoms in total. The van der Waals surface area contributed by atoms with Gasteiger partial charge in [-0.05, 0) is 41.6 Å². The fourth-order valence-corrected chi connectivity index (χ4v) is 1.65. The van der Waals surface area contributed by atoms with E-state index in [2.05, 4.69) is 0 Å². The zero-order valence-corrected chi connectivity index (χ0v) is 9.12. The van der Waals surface area contributed by atoms with E-state index in [-0.39, 0.29) is 5.78 Å². The molecule has 0 amide bonds. The third kappa shape index (κ3) is 1.80. The zero-order chi connectivity index (χ0) is 10.0. The molecule has 0 atom stereocenters. The number of anilines is 1. The summed E-state index contributed by atoms with van der Waals surface area (Å²) in [6.07, 6.45) is 0. The van der Waals surface area contributed by atoms with Gasteiger partial charge >= 0.3 is 0 Å². The molecule has 0 spiro atoms. The SMILES string of the molecule is CC(=O)c1c(N)ccc(I)c1C#N. The minimum Gasteiger partial charge on any atom is -0.398 e. The molecule has 66 valence electrons. The van der Waals surface area contributed by atoms with Crippen LogP contribution in [-0.2, 0) is 0 Å². The minimum absolute atomic E-state index is 0.174. The van der Waals surface area contributed by atoms with Crippen LogP contribution in [0.5, 0.6) is 0 Å². The maximum absolute atomic E-state index is 11.2. The summed E-state index contributed by atoms with van der Waals surface area (Å²) in [5.74, 6) is -0.174. The van der Waals surface area contributed by atoms with Gasteiger partial charge in [0.05, 0.1) is 11.1 Å². The molecule has 0 aliphatic carbocycles. The van der Waals surface area contributed by atoms with Crippen LogP contribution in [0.15, 0.2) is 12.1 Å². The number of nitrogens with two attached hydrogens (primary N) is 1. The Bertz CT molecular complexity index is 407. The summed E-state index contributed by atoms with van der Waals surface area (Å²) in [5, 5.41) is 8.81. The summed E-state index contributed by atoms with van der Waals surface area (Å²) in [6, 6.07) is 5.34. The lowest BCUT2D eigenvalue weighted by molar-refractivity contribution is 0.101. The Labute approximate surface area is 89.7 Å². The van der Waals surface area contributed by atoms with Crippen molar-refractivity contribution in [3.63, 3.8) is 0 Å². The Morgan fingerprint density at radius 2 is 2.23 bits per heavy atom.